The lowest BCUT2D eigenvalue weighted by Gasteiger charge is -2.19. The summed E-state index contributed by atoms with van der Waals surface area (Å²) in [6, 6.07) is 7.92. The molecule has 1 aliphatic rings. The van der Waals surface area contributed by atoms with Crippen molar-refractivity contribution in [3.8, 4) is 0 Å². The standard InChI is InChI=1S/C16H21NO3/c1-10-5-3-4-6-14(10)11(2)17-15(18)12-7-8-13(9-12)16(19)20/h3-6,11-13H,7-9H2,1-2H3,(H,17,18)(H,19,20)/t11-,12?,13?/m0/s1. The van der Waals surface area contributed by atoms with Gasteiger partial charge in [0.25, 0.3) is 0 Å². The van der Waals surface area contributed by atoms with Crippen LogP contribution in [0.15, 0.2) is 24.3 Å². The summed E-state index contributed by atoms with van der Waals surface area (Å²) in [5.74, 6) is -1.33. The third-order valence-corrected chi connectivity index (χ3v) is 4.17. The van der Waals surface area contributed by atoms with Gasteiger partial charge in [0.15, 0.2) is 0 Å². The van der Waals surface area contributed by atoms with Crippen molar-refractivity contribution in [3.63, 3.8) is 0 Å². The number of aliphatic carboxylic acids is 1. The minimum Gasteiger partial charge on any atom is -0.481 e. The molecule has 0 radical (unpaired) electrons. The number of amides is 1. The molecule has 1 amide bonds. The molecule has 1 aromatic rings. The third kappa shape index (κ3) is 3.18. The highest BCUT2D eigenvalue weighted by Crippen LogP contribution is 2.31. The molecular formula is C16H21NO3. The summed E-state index contributed by atoms with van der Waals surface area (Å²) in [4.78, 5) is 23.1. The fraction of sp³-hybridized carbons (Fsp3) is 0.500. The Bertz CT molecular complexity index is 512. The van der Waals surface area contributed by atoms with Gasteiger partial charge in [-0.25, -0.2) is 0 Å². The number of carbonyl (C=O) groups excluding carboxylic acids is 1. The molecule has 3 atom stereocenters. The minimum atomic E-state index is -0.785. The molecule has 2 rings (SSSR count). The maximum Gasteiger partial charge on any atom is 0.306 e. The van der Waals surface area contributed by atoms with E-state index in [1.165, 1.54) is 0 Å². The van der Waals surface area contributed by atoms with Gasteiger partial charge in [0, 0.05) is 5.92 Å². The topological polar surface area (TPSA) is 66.4 Å². The second-order valence-electron chi connectivity index (χ2n) is 5.63. The Balaban J connectivity index is 1.95. The molecule has 0 aromatic heterocycles. The Morgan fingerprint density at radius 1 is 1.25 bits per heavy atom. The van der Waals surface area contributed by atoms with Crippen molar-refractivity contribution in [1.29, 1.82) is 0 Å². The van der Waals surface area contributed by atoms with Crippen LogP contribution in [0.3, 0.4) is 0 Å². The van der Waals surface area contributed by atoms with Gasteiger partial charge >= 0.3 is 5.97 Å². The van der Waals surface area contributed by atoms with Crippen LogP contribution in [-0.2, 0) is 9.59 Å². The summed E-state index contributed by atoms with van der Waals surface area (Å²) in [7, 11) is 0. The molecule has 1 aliphatic carbocycles. The van der Waals surface area contributed by atoms with E-state index in [0.717, 1.165) is 11.1 Å². The van der Waals surface area contributed by atoms with Crippen LogP contribution in [0.1, 0.15) is 43.4 Å². The largest absolute Gasteiger partial charge is 0.481 e. The monoisotopic (exact) mass is 275 g/mol. The number of carboxylic acid groups (broad SMARTS) is 1. The summed E-state index contributed by atoms with van der Waals surface area (Å²) < 4.78 is 0. The molecule has 4 nitrogen and oxygen atoms in total. The average molecular weight is 275 g/mol. The third-order valence-electron chi connectivity index (χ3n) is 4.17. The summed E-state index contributed by atoms with van der Waals surface area (Å²) in [5.41, 5.74) is 2.25. The minimum absolute atomic E-state index is 0.0236. The molecule has 1 saturated carbocycles. The van der Waals surface area contributed by atoms with E-state index in [4.69, 9.17) is 5.11 Å². The first-order valence-electron chi connectivity index (χ1n) is 7.07. The number of aryl methyl sites for hydroxylation is 1. The van der Waals surface area contributed by atoms with Crippen LogP contribution >= 0.6 is 0 Å². The van der Waals surface area contributed by atoms with Crippen LogP contribution < -0.4 is 5.32 Å². The van der Waals surface area contributed by atoms with Crippen LogP contribution in [0, 0.1) is 18.8 Å². The van der Waals surface area contributed by atoms with E-state index in [1.54, 1.807) is 0 Å². The van der Waals surface area contributed by atoms with Gasteiger partial charge < -0.3 is 10.4 Å². The summed E-state index contributed by atoms with van der Waals surface area (Å²) in [5, 5.41) is 12.0. The Morgan fingerprint density at radius 2 is 1.90 bits per heavy atom. The van der Waals surface area contributed by atoms with Crippen LogP contribution in [0.4, 0.5) is 0 Å². The predicted octanol–water partition coefficient (Wildman–Crippen LogP) is 2.67. The van der Waals surface area contributed by atoms with E-state index in [1.807, 2.05) is 38.1 Å². The van der Waals surface area contributed by atoms with E-state index in [2.05, 4.69) is 5.32 Å². The molecule has 4 heteroatoms. The van der Waals surface area contributed by atoms with Crippen LogP contribution in [0.25, 0.3) is 0 Å². The van der Waals surface area contributed by atoms with Crippen molar-refractivity contribution in [2.45, 2.75) is 39.2 Å². The number of rotatable bonds is 4. The summed E-state index contributed by atoms with van der Waals surface area (Å²) in [6.45, 7) is 3.98. The van der Waals surface area contributed by atoms with Crippen LogP contribution in [-0.4, -0.2) is 17.0 Å². The molecule has 1 aromatic carbocycles. The number of benzene rings is 1. The van der Waals surface area contributed by atoms with Crippen LogP contribution in [0.5, 0.6) is 0 Å². The van der Waals surface area contributed by atoms with Gasteiger partial charge in [-0.3, -0.25) is 9.59 Å². The van der Waals surface area contributed by atoms with Gasteiger partial charge in [-0.2, -0.15) is 0 Å². The molecule has 0 aliphatic heterocycles. The quantitative estimate of drug-likeness (QED) is 0.887. The predicted molar refractivity (Wildman–Crippen MR) is 76.2 cm³/mol. The zero-order valence-corrected chi connectivity index (χ0v) is 11.9. The van der Waals surface area contributed by atoms with E-state index in [-0.39, 0.29) is 23.8 Å². The van der Waals surface area contributed by atoms with Crippen molar-refractivity contribution in [1.82, 2.24) is 5.32 Å². The van der Waals surface area contributed by atoms with E-state index in [0.29, 0.717) is 19.3 Å². The van der Waals surface area contributed by atoms with E-state index >= 15 is 0 Å². The van der Waals surface area contributed by atoms with Gasteiger partial charge in [0.1, 0.15) is 0 Å². The average Bonchev–Trinajstić information content (AvgIpc) is 2.88. The van der Waals surface area contributed by atoms with Crippen molar-refractivity contribution >= 4 is 11.9 Å². The molecule has 108 valence electrons. The zero-order chi connectivity index (χ0) is 14.7. The van der Waals surface area contributed by atoms with Crippen molar-refractivity contribution in [2.75, 3.05) is 0 Å². The first-order valence-corrected chi connectivity index (χ1v) is 7.07. The van der Waals surface area contributed by atoms with Crippen molar-refractivity contribution in [2.24, 2.45) is 11.8 Å². The molecule has 1 fully saturated rings. The Kier molecular flexibility index (Phi) is 4.42. The molecule has 2 unspecified atom stereocenters. The number of hydrogen-bond acceptors (Lipinski definition) is 2. The van der Waals surface area contributed by atoms with E-state index < -0.39 is 5.97 Å². The Labute approximate surface area is 119 Å². The first-order chi connectivity index (χ1) is 9.49. The highest BCUT2D eigenvalue weighted by atomic mass is 16.4. The SMILES string of the molecule is Cc1ccccc1[C@H](C)NC(=O)C1CCC(C(=O)O)C1. The molecule has 0 spiro atoms. The van der Waals surface area contributed by atoms with Gasteiger partial charge in [-0.1, -0.05) is 24.3 Å². The summed E-state index contributed by atoms with van der Waals surface area (Å²) in [6.07, 6.45) is 1.73. The molecular weight excluding hydrogens is 254 g/mol. The lowest BCUT2D eigenvalue weighted by atomic mass is 10.0. The Hall–Kier alpha value is -1.84. The fourth-order valence-electron chi connectivity index (χ4n) is 2.93. The number of carbonyl (C=O) groups is 2. The van der Waals surface area contributed by atoms with Crippen molar-refractivity contribution in [3.05, 3.63) is 35.4 Å². The number of nitrogens with one attached hydrogen (secondary N) is 1. The number of hydrogen-bond donors (Lipinski definition) is 2. The van der Waals surface area contributed by atoms with Gasteiger partial charge in [0.2, 0.25) is 5.91 Å². The Morgan fingerprint density at radius 3 is 2.50 bits per heavy atom. The van der Waals surface area contributed by atoms with Crippen LogP contribution in [0.2, 0.25) is 0 Å². The second-order valence-corrected chi connectivity index (χ2v) is 5.63. The highest BCUT2D eigenvalue weighted by molar-refractivity contribution is 5.81. The fourth-order valence-corrected chi connectivity index (χ4v) is 2.93. The first kappa shape index (κ1) is 14.6. The maximum absolute atomic E-state index is 12.2. The van der Waals surface area contributed by atoms with E-state index in [9.17, 15) is 9.59 Å². The normalized spacial score (nSPS) is 23.3. The highest BCUT2D eigenvalue weighted by Gasteiger charge is 2.34. The molecule has 20 heavy (non-hydrogen) atoms. The van der Waals surface area contributed by atoms with Crippen molar-refractivity contribution < 1.29 is 14.7 Å². The lowest BCUT2D eigenvalue weighted by Crippen LogP contribution is -2.32. The molecule has 2 N–H and O–H groups in total. The smallest absolute Gasteiger partial charge is 0.306 e. The maximum atomic E-state index is 12.2. The molecule has 0 bridgehead atoms. The second kappa shape index (κ2) is 6.07. The molecule has 0 heterocycles. The zero-order valence-electron chi connectivity index (χ0n) is 11.9. The lowest BCUT2D eigenvalue weighted by molar-refractivity contribution is -0.141. The van der Waals surface area contributed by atoms with Gasteiger partial charge in [-0.05, 0) is 44.2 Å². The van der Waals surface area contributed by atoms with Gasteiger partial charge in [-0.15, -0.1) is 0 Å². The number of carboxylic acids is 1. The van der Waals surface area contributed by atoms with Gasteiger partial charge in [0.05, 0.1) is 12.0 Å². The molecule has 0 saturated heterocycles. The summed E-state index contributed by atoms with van der Waals surface area (Å²) >= 11 is 0.